The number of amides is 2. The standard InChI is InChI=1S/C19H19BrN2O2/c1-12-8-13(2)10-16(9-12)22-18(24)19(6-7-19)17(23)21-15-5-3-4-14(20)11-15/h3-5,8-11H,6-7H2,1-2H3,(H,21,23)(H,22,24). The fraction of sp³-hybridized carbons (Fsp3) is 0.263. The van der Waals surface area contributed by atoms with Crippen molar-refractivity contribution in [1.82, 2.24) is 0 Å². The minimum Gasteiger partial charge on any atom is -0.325 e. The van der Waals surface area contributed by atoms with Crippen molar-refractivity contribution in [2.75, 3.05) is 10.6 Å². The molecule has 1 aliphatic carbocycles. The molecule has 1 aliphatic rings. The maximum Gasteiger partial charge on any atom is 0.240 e. The Bertz CT molecular complexity index is 793. The largest absolute Gasteiger partial charge is 0.325 e. The van der Waals surface area contributed by atoms with Gasteiger partial charge in [-0.15, -0.1) is 0 Å². The van der Waals surface area contributed by atoms with Gasteiger partial charge in [-0.05, 0) is 68.1 Å². The molecule has 124 valence electrons. The molecule has 0 aliphatic heterocycles. The first-order valence-electron chi connectivity index (χ1n) is 7.86. The summed E-state index contributed by atoms with van der Waals surface area (Å²) in [7, 11) is 0. The van der Waals surface area contributed by atoms with Crippen LogP contribution in [0.5, 0.6) is 0 Å². The summed E-state index contributed by atoms with van der Waals surface area (Å²) in [5.41, 5.74) is 2.61. The van der Waals surface area contributed by atoms with Crippen molar-refractivity contribution in [2.24, 2.45) is 5.41 Å². The fourth-order valence-electron chi connectivity index (χ4n) is 2.80. The molecule has 2 N–H and O–H groups in total. The van der Waals surface area contributed by atoms with Gasteiger partial charge in [-0.25, -0.2) is 0 Å². The topological polar surface area (TPSA) is 58.2 Å². The van der Waals surface area contributed by atoms with Gasteiger partial charge in [-0.3, -0.25) is 9.59 Å². The first-order valence-corrected chi connectivity index (χ1v) is 8.65. The summed E-state index contributed by atoms with van der Waals surface area (Å²) in [6.07, 6.45) is 1.15. The molecule has 0 heterocycles. The Balaban J connectivity index is 1.72. The monoisotopic (exact) mass is 386 g/mol. The first kappa shape index (κ1) is 16.7. The third kappa shape index (κ3) is 3.51. The smallest absolute Gasteiger partial charge is 0.240 e. The van der Waals surface area contributed by atoms with Crippen molar-refractivity contribution in [1.29, 1.82) is 0 Å². The number of halogens is 1. The Morgan fingerprint density at radius 1 is 0.917 bits per heavy atom. The second-order valence-corrected chi connectivity index (χ2v) is 7.29. The van der Waals surface area contributed by atoms with E-state index in [1.54, 1.807) is 6.07 Å². The average Bonchev–Trinajstić information content (AvgIpc) is 3.27. The number of carbonyl (C=O) groups excluding carboxylic acids is 2. The lowest BCUT2D eigenvalue weighted by Gasteiger charge is -2.16. The Labute approximate surface area is 149 Å². The Morgan fingerprint density at radius 2 is 1.50 bits per heavy atom. The van der Waals surface area contributed by atoms with Gasteiger partial charge in [0.1, 0.15) is 5.41 Å². The SMILES string of the molecule is Cc1cc(C)cc(NC(=O)C2(C(=O)Nc3cccc(Br)c3)CC2)c1. The van der Waals surface area contributed by atoms with Gasteiger partial charge in [-0.2, -0.15) is 0 Å². The predicted octanol–water partition coefficient (Wildman–Crippen LogP) is 4.42. The summed E-state index contributed by atoms with van der Waals surface area (Å²) in [6.45, 7) is 3.96. The fourth-order valence-corrected chi connectivity index (χ4v) is 3.20. The molecule has 1 fully saturated rings. The highest BCUT2D eigenvalue weighted by Gasteiger charge is 2.56. The maximum absolute atomic E-state index is 12.6. The van der Waals surface area contributed by atoms with E-state index in [2.05, 4.69) is 26.6 Å². The second-order valence-electron chi connectivity index (χ2n) is 6.38. The van der Waals surface area contributed by atoms with Crippen LogP contribution in [0.3, 0.4) is 0 Å². The Hall–Kier alpha value is -2.14. The summed E-state index contributed by atoms with van der Waals surface area (Å²) in [4.78, 5) is 25.2. The zero-order chi connectivity index (χ0) is 17.3. The molecular formula is C19H19BrN2O2. The highest BCUT2D eigenvalue weighted by Crippen LogP contribution is 2.47. The van der Waals surface area contributed by atoms with Crippen LogP contribution < -0.4 is 10.6 Å². The van der Waals surface area contributed by atoms with Crippen molar-refractivity contribution < 1.29 is 9.59 Å². The minimum atomic E-state index is -0.958. The van der Waals surface area contributed by atoms with Crippen LogP contribution in [0.25, 0.3) is 0 Å². The number of anilines is 2. The Morgan fingerprint density at radius 3 is 2.04 bits per heavy atom. The molecular weight excluding hydrogens is 368 g/mol. The highest BCUT2D eigenvalue weighted by atomic mass is 79.9. The van der Waals surface area contributed by atoms with Crippen molar-refractivity contribution in [2.45, 2.75) is 26.7 Å². The third-order valence-corrected chi connectivity index (χ3v) is 4.67. The van der Waals surface area contributed by atoms with E-state index in [1.165, 1.54) is 0 Å². The lowest BCUT2D eigenvalue weighted by Crippen LogP contribution is -2.35. The number of nitrogens with one attached hydrogen (secondary N) is 2. The lowest BCUT2D eigenvalue weighted by molar-refractivity contribution is -0.131. The van der Waals surface area contributed by atoms with E-state index in [0.717, 1.165) is 21.3 Å². The van der Waals surface area contributed by atoms with Gasteiger partial charge in [0.15, 0.2) is 0 Å². The number of carbonyl (C=O) groups is 2. The molecule has 3 rings (SSSR count). The third-order valence-electron chi connectivity index (χ3n) is 4.18. The number of aryl methyl sites for hydroxylation is 2. The molecule has 4 nitrogen and oxygen atoms in total. The molecule has 1 saturated carbocycles. The molecule has 0 bridgehead atoms. The Kier molecular flexibility index (Phi) is 4.45. The van der Waals surface area contributed by atoms with Crippen LogP contribution in [-0.2, 0) is 9.59 Å². The highest BCUT2D eigenvalue weighted by molar-refractivity contribution is 9.10. The molecule has 0 aromatic heterocycles. The van der Waals surface area contributed by atoms with Gasteiger partial charge >= 0.3 is 0 Å². The van der Waals surface area contributed by atoms with E-state index >= 15 is 0 Å². The number of hydrogen-bond donors (Lipinski definition) is 2. The molecule has 0 atom stereocenters. The summed E-state index contributed by atoms with van der Waals surface area (Å²) >= 11 is 3.37. The quantitative estimate of drug-likeness (QED) is 0.763. The number of rotatable bonds is 4. The van der Waals surface area contributed by atoms with Crippen LogP contribution >= 0.6 is 15.9 Å². The van der Waals surface area contributed by atoms with Crippen LogP contribution in [-0.4, -0.2) is 11.8 Å². The number of hydrogen-bond acceptors (Lipinski definition) is 2. The molecule has 2 aromatic rings. The average molecular weight is 387 g/mol. The van der Waals surface area contributed by atoms with Crippen molar-refractivity contribution in [3.8, 4) is 0 Å². The second kappa shape index (κ2) is 6.40. The zero-order valence-electron chi connectivity index (χ0n) is 13.7. The van der Waals surface area contributed by atoms with E-state index < -0.39 is 5.41 Å². The summed E-state index contributed by atoms with van der Waals surface area (Å²) in [5, 5.41) is 5.74. The van der Waals surface area contributed by atoms with Gasteiger partial charge in [-0.1, -0.05) is 28.1 Å². The molecule has 0 spiro atoms. The van der Waals surface area contributed by atoms with Gasteiger partial charge in [0.05, 0.1) is 0 Å². The molecule has 0 radical (unpaired) electrons. The van der Waals surface area contributed by atoms with E-state index in [4.69, 9.17) is 0 Å². The summed E-state index contributed by atoms with van der Waals surface area (Å²) in [6, 6.07) is 13.2. The number of benzene rings is 2. The zero-order valence-corrected chi connectivity index (χ0v) is 15.2. The normalized spacial score (nSPS) is 14.8. The van der Waals surface area contributed by atoms with Crippen molar-refractivity contribution in [3.63, 3.8) is 0 Å². The van der Waals surface area contributed by atoms with Crippen LogP contribution in [0.1, 0.15) is 24.0 Å². The molecule has 5 heteroatoms. The van der Waals surface area contributed by atoms with Gasteiger partial charge in [0.25, 0.3) is 0 Å². The van der Waals surface area contributed by atoms with Gasteiger partial charge in [0, 0.05) is 15.8 Å². The van der Waals surface area contributed by atoms with E-state index in [-0.39, 0.29) is 11.8 Å². The molecule has 0 unspecified atom stereocenters. The van der Waals surface area contributed by atoms with Crippen LogP contribution in [0, 0.1) is 19.3 Å². The molecule has 0 saturated heterocycles. The van der Waals surface area contributed by atoms with Crippen molar-refractivity contribution >= 4 is 39.1 Å². The van der Waals surface area contributed by atoms with Crippen molar-refractivity contribution in [3.05, 3.63) is 58.1 Å². The van der Waals surface area contributed by atoms with Gasteiger partial charge < -0.3 is 10.6 Å². The van der Waals surface area contributed by atoms with Crippen LogP contribution in [0.2, 0.25) is 0 Å². The predicted molar refractivity (Wildman–Crippen MR) is 99.0 cm³/mol. The summed E-state index contributed by atoms with van der Waals surface area (Å²) in [5.74, 6) is -0.484. The van der Waals surface area contributed by atoms with E-state index in [9.17, 15) is 9.59 Å². The van der Waals surface area contributed by atoms with E-state index in [1.807, 2.05) is 50.2 Å². The summed E-state index contributed by atoms with van der Waals surface area (Å²) < 4.78 is 0.879. The first-order chi connectivity index (χ1) is 11.4. The molecule has 2 amide bonds. The van der Waals surface area contributed by atoms with Gasteiger partial charge in [0.2, 0.25) is 11.8 Å². The maximum atomic E-state index is 12.6. The van der Waals surface area contributed by atoms with Crippen LogP contribution in [0.4, 0.5) is 11.4 Å². The van der Waals surface area contributed by atoms with E-state index in [0.29, 0.717) is 18.5 Å². The lowest BCUT2D eigenvalue weighted by atomic mass is 10.0. The molecule has 24 heavy (non-hydrogen) atoms. The van der Waals surface area contributed by atoms with Crippen LogP contribution in [0.15, 0.2) is 46.9 Å². The molecule has 2 aromatic carbocycles. The minimum absolute atomic E-state index is 0.236.